The number of amides is 1. The molecule has 1 saturated heterocycles. The first kappa shape index (κ1) is 17.8. The van der Waals surface area contributed by atoms with E-state index < -0.39 is 0 Å². The van der Waals surface area contributed by atoms with Crippen LogP contribution in [0.3, 0.4) is 0 Å². The fourth-order valence-corrected chi connectivity index (χ4v) is 3.68. The summed E-state index contributed by atoms with van der Waals surface area (Å²) in [6.07, 6.45) is 2.43. The summed E-state index contributed by atoms with van der Waals surface area (Å²) in [5, 5.41) is 4.11. The van der Waals surface area contributed by atoms with E-state index in [0.717, 1.165) is 11.3 Å². The molecule has 2 heterocycles. The van der Waals surface area contributed by atoms with Gasteiger partial charge in [0.15, 0.2) is 0 Å². The predicted octanol–water partition coefficient (Wildman–Crippen LogP) is 4.60. The highest BCUT2D eigenvalue weighted by Gasteiger charge is 2.35. The highest BCUT2D eigenvalue weighted by atomic mass is 32.2. The highest BCUT2D eigenvalue weighted by Crippen LogP contribution is 2.32. The fourth-order valence-electron chi connectivity index (χ4n) is 3.27. The maximum atomic E-state index is 12.5. The van der Waals surface area contributed by atoms with E-state index in [1.165, 1.54) is 16.0 Å². The summed E-state index contributed by atoms with van der Waals surface area (Å²) in [5.41, 5.74) is 4.24. The Balaban J connectivity index is 1.53. The molecule has 1 atom stereocenters. The quantitative estimate of drug-likeness (QED) is 0.620. The van der Waals surface area contributed by atoms with Crippen molar-refractivity contribution in [3.63, 3.8) is 0 Å². The van der Waals surface area contributed by atoms with E-state index in [2.05, 4.69) is 30.1 Å². The summed E-state index contributed by atoms with van der Waals surface area (Å²) in [6, 6.07) is 14.2. The molecule has 27 heavy (non-hydrogen) atoms. The van der Waals surface area contributed by atoms with E-state index in [1.807, 2.05) is 47.6 Å². The van der Waals surface area contributed by atoms with Crippen molar-refractivity contribution < 1.29 is 9.32 Å². The standard InChI is InChI=1S/C21H21N3O2S/c1-13-4-7-17(10-14(13)2)24-12-16(11-19(24)25)21-22-20(23-26-21)15-5-8-18(27-3)9-6-15/h4-10,16H,11-12H2,1-3H3. The first-order valence-electron chi connectivity index (χ1n) is 8.91. The average Bonchev–Trinajstić information content (AvgIpc) is 3.31. The number of nitrogens with zero attached hydrogens (tertiary/aromatic N) is 3. The van der Waals surface area contributed by atoms with Crippen LogP contribution in [0.25, 0.3) is 11.4 Å². The molecule has 5 nitrogen and oxygen atoms in total. The number of thioether (sulfide) groups is 1. The second kappa shape index (κ2) is 7.19. The van der Waals surface area contributed by atoms with Gasteiger partial charge in [0.2, 0.25) is 17.6 Å². The molecule has 3 aromatic rings. The predicted molar refractivity (Wildman–Crippen MR) is 107 cm³/mol. The van der Waals surface area contributed by atoms with Gasteiger partial charge in [-0.2, -0.15) is 4.98 Å². The van der Waals surface area contributed by atoms with Gasteiger partial charge >= 0.3 is 0 Å². The number of hydrogen-bond donors (Lipinski definition) is 0. The van der Waals surface area contributed by atoms with Crippen LogP contribution in [0, 0.1) is 13.8 Å². The molecule has 138 valence electrons. The summed E-state index contributed by atoms with van der Waals surface area (Å²) in [5.74, 6) is 1.10. The summed E-state index contributed by atoms with van der Waals surface area (Å²) in [7, 11) is 0. The van der Waals surface area contributed by atoms with Gasteiger partial charge in [0.25, 0.3) is 0 Å². The van der Waals surface area contributed by atoms with E-state index in [9.17, 15) is 4.79 Å². The minimum absolute atomic E-state index is 0.0779. The molecule has 0 bridgehead atoms. The third-order valence-corrected chi connectivity index (χ3v) is 5.81. The Morgan fingerprint density at radius 1 is 1.11 bits per heavy atom. The normalized spacial score (nSPS) is 16.9. The van der Waals surface area contributed by atoms with Gasteiger partial charge in [0.05, 0.1) is 5.92 Å². The number of carbonyl (C=O) groups excluding carboxylic acids is 1. The van der Waals surface area contributed by atoms with Crippen LogP contribution in [-0.2, 0) is 4.79 Å². The van der Waals surface area contributed by atoms with Crippen molar-refractivity contribution in [3.05, 3.63) is 59.5 Å². The topological polar surface area (TPSA) is 59.2 Å². The Bertz CT molecular complexity index is 981. The second-order valence-corrected chi connectivity index (χ2v) is 7.74. The maximum Gasteiger partial charge on any atom is 0.232 e. The summed E-state index contributed by atoms with van der Waals surface area (Å²) >= 11 is 1.69. The zero-order chi connectivity index (χ0) is 19.0. The Kier molecular flexibility index (Phi) is 4.74. The number of carbonyl (C=O) groups is 1. The largest absolute Gasteiger partial charge is 0.339 e. The van der Waals surface area contributed by atoms with Crippen LogP contribution in [0.2, 0.25) is 0 Å². The molecule has 0 N–H and O–H groups in total. The smallest absolute Gasteiger partial charge is 0.232 e. The van der Waals surface area contributed by atoms with Gasteiger partial charge in [-0.1, -0.05) is 11.2 Å². The van der Waals surface area contributed by atoms with Gasteiger partial charge in [-0.25, -0.2) is 0 Å². The van der Waals surface area contributed by atoms with E-state index in [1.54, 1.807) is 11.8 Å². The molecule has 2 aromatic carbocycles. The lowest BCUT2D eigenvalue weighted by atomic mass is 10.1. The number of hydrogen-bond acceptors (Lipinski definition) is 5. The molecular weight excluding hydrogens is 358 g/mol. The molecule has 4 rings (SSSR count). The molecular formula is C21H21N3O2S. The lowest BCUT2D eigenvalue weighted by Gasteiger charge is -2.17. The van der Waals surface area contributed by atoms with Crippen LogP contribution in [0.5, 0.6) is 0 Å². The summed E-state index contributed by atoms with van der Waals surface area (Å²) in [4.78, 5) is 20.1. The molecule has 6 heteroatoms. The van der Waals surface area contributed by atoms with E-state index in [-0.39, 0.29) is 11.8 Å². The van der Waals surface area contributed by atoms with Crippen molar-refractivity contribution in [2.45, 2.75) is 31.1 Å². The van der Waals surface area contributed by atoms with E-state index >= 15 is 0 Å². The molecule has 1 aliphatic rings. The van der Waals surface area contributed by atoms with Gasteiger partial charge in [0, 0.05) is 29.1 Å². The molecule has 0 saturated carbocycles. The van der Waals surface area contributed by atoms with Crippen molar-refractivity contribution >= 4 is 23.4 Å². The number of anilines is 1. The van der Waals surface area contributed by atoms with E-state index in [0.29, 0.717) is 24.7 Å². The molecule has 1 aliphatic heterocycles. The zero-order valence-electron chi connectivity index (χ0n) is 15.6. The second-order valence-electron chi connectivity index (χ2n) is 6.86. The van der Waals surface area contributed by atoms with Crippen LogP contribution >= 0.6 is 11.8 Å². The van der Waals surface area contributed by atoms with Crippen LogP contribution < -0.4 is 4.90 Å². The van der Waals surface area contributed by atoms with Gasteiger partial charge in [-0.05, 0) is 67.6 Å². The lowest BCUT2D eigenvalue weighted by molar-refractivity contribution is -0.117. The molecule has 0 spiro atoms. The Hall–Kier alpha value is -2.60. The monoisotopic (exact) mass is 379 g/mol. The molecule has 1 fully saturated rings. The van der Waals surface area contributed by atoms with Crippen LogP contribution in [-0.4, -0.2) is 28.8 Å². The molecule has 0 aliphatic carbocycles. The van der Waals surface area contributed by atoms with Gasteiger partial charge in [0.1, 0.15) is 0 Å². The Labute approximate surface area is 162 Å². The first-order chi connectivity index (χ1) is 13.0. The number of rotatable bonds is 4. The van der Waals surface area contributed by atoms with Gasteiger partial charge in [-0.15, -0.1) is 11.8 Å². The number of benzene rings is 2. The summed E-state index contributed by atoms with van der Waals surface area (Å²) < 4.78 is 5.49. The summed E-state index contributed by atoms with van der Waals surface area (Å²) in [6.45, 7) is 4.69. The van der Waals surface area contributed by atoms with Crippen LogP contribution in [0.4, 0.5) is 5.69 Å². The van der Waals surface area contributed by atoms with Crippen molar-refractivity contribution in [3.8, 4) is 11.4 Å². The Morgan fingerprint density at radius 2 is 1.89 bits per heavy atom. The SMILES string of the molecule is CSc1ccc(-c2noc(C3CC(=O)N(c4ccc(C)c(C)c4)C3)n2)cc1. The van der Waals surface area contributed by atoms with Crippen molar-refractivity contribution in [2.75, 3.05) is 17.7 Å². The highest BCUT2D eigenvalue weighted by molar-refractivity contribution is 7.98. The van der Waals surface area contributed by atoms with Crippen molar-refractivity contribution in [1.82, 2.24) is 10.1 Å². The average molecular weight is 379 g/mol. The molecule has 1 unspecified atom stereocenters. The minimum Gasteiger partial charge on any atom is -0.339 e. The van der Waals surface area contributed by atoms with Crippen LogP contribution in [0.15, 0.2) is 51.9 Å². The lowest BCUT2D eigenvalue weighted by Crippen LogP contribution is -2.24. The maximum absolute atomic E-state index is 12.5. The van der Waals surface area contributed by atoms with Crippen LogP contribution in [0.1, 0.15) is 29.4 Å². The third-order valence-electron chi connectivity index (χ3n) is 5.07. The minimum atomic E-state index is -0.0779. The third kappa shape index (κ3) is 3.49. The van der Waals surface area contributed by atoms with Crippen molar-refractivity contribution in [2.24, 2.45) is 0 Å². The number of aryl methyl sites for hydroxylation is 2. The van der Waals surface area contributed by atoms with Crippen molar-refractivity contribution in [1.29, 1.82) is 0 Å². The first-order valence-corrected chi connectivity index (χ1v) is 10.1. The van der Waals surface area contributed by atoms with E-state index in [4.69, 9.17) is 4.52 Å². The molecule has 1 amide bonds. The van der Waals surface area contributed by atoms with Gasteiger partial charge in [-0.3, -0.25) is 4.79 Å². The molecule has 1 aromatic heterocycles. The fraction of sp³-hybridized carbons (Fsp3) is 0.286. The van der Waals surface area contributed by atoms with Gasteiger partial charge < -0.3 is 9.42 Å². The molecule has 0 radical (unpaired) electrons. The Morgan fingerprint density at radius 3 is 2.59 bits per heavy atom. The zero-order valence-corrected chi connectivity index (χ0v) is 16.4. The number of aromatic nitrogens is 2.